The summed E-state index contributed by atoms with van der Waals surface area (Å²) >= 11 is 0. The molecule has 1 heterocycles. The van der Waals surface area contributed by atoms with Gasteiger partial charge >= 0.3 is 0 Å². The molecule has 2 rings (SSSR count). The van der Waals surface area contributed by atoms with E-state index in [2.05, 4.69) is 5.43 Å². The summed E-state index contributed by atoms with van der Waals surface area (Å²) in [5.74, 6) is -1.06. The zero-order valence-electron chi connectivity index (χ0n) is 10.0. The van der Waals surface area contributed by atoms with Crippen LogP contribution in [-0.4, -0.2) is 37.2 Å². The van der Waals surface area contributed by atoms with E-state index in [-0.39, 0.29) is 5.91 Å². The second-order valence-corrected chi connectivity index (χ2v) is 4.05. The smallest absolute Gasteiger partial charge is 0.256 e. The van der Waals surface area contributed by atoms with Gasteiger partial charge in [-0.25, -0.2) is 5.01 Å². The van der Waals surface area contributed by atoms with Crippen molar-refractivity contribution < 1.29 is 9.53 Å². The molecule has 1 saturated heterocycles. The molecule has 1 amide bonds. The van der Waals surface area contributed by atoms with E-state index in [0.717, 1.165) is 0 Å². The first kappa shape index (κ1) is 12.6. The van der Waals surface area contributed by atoms with Crippen molar-refractivity contribution in [3.63, 3.8) is 0 Å². The van der Waals surface area contributed by atoms with Gasteiger partial charge in [-0.1, -0.05) is 30.3 Å². The molecule has 94 valence electrons. The molecule has 0 aliphatic carbocycles. The number of amides is 1. The first-order valence-electron chi connectivity index (χ1n) is 5.89. The van der Waals surface area contributed by atoms with E-state index >= 15 is 0 Å². The van der Waals surface area contributed by atoms with Gasteiger partial charge in [0.05, 0.1) is 19.3 Å². The number of hydrogen-bond acceptors (Lipinski definition) is 4. The molecule has 1 N–H and O–H groups in total. The van der Waals surface area contributed by atoms with Gasteiger partial charge in [-0.3, -0.25) is 10.2 Å². The summed E-state index contributed by atoms with van der Waals surface area (Å²) in [5, 5.41) is 10.9. The number of rotatable bonds is 3. The van der Waals surface area contributed by atoms with Gasteiger partial charge in [0.1, 0.15) is 0 Å². The fourth-order valence-corrected chi connectivity index (χ4v) is 1.83. The topological polar surface area (TPSA) is 65.4 Å². The van der Waals surface area contributed by atoms with Crippen molar-refractivity contribution in [3.05, 3.63) is 35.9 Å². The van der Waals surface area contributed by atoms with Gasteiger partial charge in [0, 0.05) is 13.1 Å². The predicted octanol–water partition coefficient (Wildman–Crippen LogP) is 0.657. The van der Waals surface area contributed by atoms with Crippen LogP contribution in [0, 0.1) is 11.3 Å². The van der Waals surface area contributed by atoms with Crippen molar-refractivity contribution in [3.8, 4) is 6.07 Å². The minimum atomic E-state index is -0.769. The lowest BCUT2D eigenvalue weighted by atomic mass is 10.0. The first-order valence-corrected chi connectivity index (χ1v) is 5.89. The number of nitriles is 1. The van der Waals surface area contributed by atoms with Gasteiger partial charge < -0.3 is 4.74 Å². The molecule has 5 nitrogen and oxygen atoms in total. The SMILES string of the molecule is N#CC(C(=O)NN1CCOCC1)c1ccccc1. The van der Waals surface area contributed by atoms with Gasteiger partial charge in [0.25, 0.3) is 5.91 Å². The molecule has 5 heteroatoms. The molecule has 1 aliphatic heterocycles. The lowest BCUT2D eigenvalue weighted by molar-refractivity contribution is -0.128. The van der Waals surface area contributed by atoms with Crippen LogP contribution in [0.15, 0.2) is 30.3 Å². The molecule has 18 heavy (non-hydrogen) atoms. The van der Waals surface area contributed by atoms with E-state index in [9.17, 15) is 4.79 Å². The highest BCUT2D eigenvalue weighted by Crippen LogP contribution is 2.14. The van der Waals surface area contributed by atoms with Crippen molar-refractivity contribution >= 4 is 5.91 Å². The van der Waals surface area contributed by atoms with Crippen LogP contribution in [0.1, 0.15) is 11.5 Å². The molecular weight excluding hydrogens is 230 g/mol. The molecule has 0 bridgehead atoms. The fraction of sp³-hybridized carbons (Fsp3) is 0.385. The van der Waals surface area contributed by atoms with E-state index in [4.69, 9.17) is 10.00 Å². The van der Waals surface area contributed by atoms with Crippen LogP contribution in [0.4, 0.5) is 0 Å². The number of nitrogens with zero attached hydrogens (tertiary/aromatic N) is 2. The Hall–Kier alpha value is -1.90. The number of hydrogen-bond donors (Lipinski definition) is 1. The lowest BCUT2D eigenvalue weighted by Crippen LogP contribution is -2.49. The number of ether oxygens (including phenoxy) is 1. The largest absolute Gasteiger partial charge is 0.379 e. The summed E-state index contributed by atoms with van der Waals surface area (Å²) in [6.45, 7) is 2.50. The van der Waals surface area contributed by atoms with Crippen molar-refractivity contribution in [2.24, 2.45) is 0 Å². The number of benzene rings is 1. The third-order valence-corrected chi connectivity index (χ3v) is 2.80. The average molecular weight is 245 g/mol. The summed E-state index contributed by atoms with van der Waals surface area (Å²) in [5.41, 5.74) is 3.47. The number of hydrazine groups is 1. The van der Waals surface area contributed by atoms with E-state index in [1.54, 1.807) is 17.1 Å². The number of carbonyl (C=O) groups is 1. The number of nitrogens with one attached hydrogen (secondary N) is 1. The minimum absolute atomic E-state index is 0.286. The molecule has 0 aromatic heterocycles. The molecule has 0 spiro atoms. The van der Waals surface area contributed by atoms with E-state index in [1.165, 1.54) is 0 Å². The van der Waals surface area contributed by atoms with E-state index in [0.29, 0.717) is 31.9 Å². The second kappa shape index (κ2) is 6.15. The van der Waals surface area contributed by atoms with Crippen LogP contribution in [0.25, 0.3) is 0 Å². The third kappa shape index (κ3) is 3.06. The monoisotopic (exact) mass is 245 g/mol. The predicted molar refractivity (Wildman–Crippen MR) is 65.3 cm³/mol. The Bertz CT molecular complexity index is 435. The van der Waals surface area contributed by atoms with Crippen LogP contribution in [-0.2, 0) is 9.53 Å². The highest BCUT2D eigenvalue weighted by atomic mass is 16.5. The van der Waals surface area contributed by atoms with Crippen LogP contribution in [0.3, 0.4) is 0 Å². The number of carbonyl (C=O) groups excluding carboxylic acids is 1. The zero-order valence-corrected chi connectivity index (χ0v) is 10.0. The molecule has 0 radical (unpaired) electrons. The van der Waals surface area contributed by atoms with Gasteiger partial charge in [-0.15, -0.1) is 0 Å². The van der Waals surface area contributed by atoms with Gasteiger partial charge in [-0.2, -0.15) is 5.26 Å². The number of morpholine rings is 1. The fourth-order valence-electron chi connectivity index (χ4n) is 1.83. The quantitative estimate of drug-likeness (QED) is 0.849. The van der Waals surface area contributed by atoms with Gasteiger partial charge in [0.2, 0.25) is 0 Å². The standard InChI is InChI=1S/C13H15N3O2/c14-10-12(11-4-2-1-3-5-11)13(17)15-16-6-8-18-9-7-16/h1-5,12H,6-9H2,(H,15,17). The van der Waals surface area contributed by atoms with Crippen molar-refractivity contribution in [2.75, 3.05) is 26.3 Å². The molecule has 1 aliphatic rings. The van der Waals surface area contributed by atoms with Crippen molar-refractivity contribution in [1.29, 1.82) is 5.26 Å². The molecule has 1 aromatic carbocycles. The van der Waals surface area contributed by atoms with Crippen LogP contribution >= 0.6 is 0 Å². The highest BCUT2D eigenvalue weighted by molar-refractivity contribution is 5.86. The second-order valence-electron chi connectivity index (χ2n) is 4.05. The Morgan fingerprint density at radius 2 is 2.00 bits per heavy atom. The summed E-state index contributed by atoms with van der Waals surface area (Å²) < 4.78 is 5.19. The molecule has 1 fully saturated rings. The van der Waals surface area contributed by atoms with Crippen molar-refractivity contribution in [1.82, 2.24) is 10.4 Å². The normalized spacial score (nSPS) is 17.7. The van der Waals surface area contributed by atoms with Gasteiger partial charge in [-0.05, 0) is 5.56 Å². The van der Waals surface area contributed by atoms with Crippen molar-refractivity contribution in [2.45, 2.75) is 5.92 Å². The maximum absolute atomic E-state index is 12.0. The van der Waals surface area contributed by atoms with Gasteiger partial charge in [0.15, 0.2) is 5.92 Å². The highest BCUT2D eigenvalue weighted by Gasteiger charge is 2.22. The zero-order chi connectivity index (χ0) is 12.8. The Morgan fingerprint density at radius 1 is 1.33 bits per heavy atom. The molecule has 1 unspecified atom stereocenters. The Balaban J connectivity index is 2.00. The minimum Gasteiger partial charge on any atom is -0.379 e. The van der Waals surface area contributed by atoms with E-state index < -0.39 is 5.92 Å². The maximum Gasteiger partial charge on any atom is 0.256 e. The average Bonchev–Trinajstić information content (AvgIpc) is 2.42. The Kier molecular flexibility index (Phi) is 4.29. The Morgan fingerprint density at radius 3 is 2.61 bits per heavy atom. The maximum atomic E-state index is 12.0. The summed E-state index contributed by atoms with van der Waals surface area (Å²) in [4.78, 5) is 12.0. The lowest BCUT2D eigenvalue weighted by Gasteiger charge is -2.27. The van der Waals surface area contributed by atoms with Crippen LogP contribution < -0.4 is 5.43 Å². The Labute approximate surface area is 106 Å². The summed E-state index contributed by atoms with van der Waals surface area (Å²) in [6.07, 6.45) is 0. The molecular formula is C13H15N3O2. The van der Waals surface area contributed by atoms with Crippen LogP contribution in [0.2, 0.25) is 0 Å². The molecule has 1 aromatic rings. The third-order valence-electron chi connectivity index (χ3n) is 2.80. The van der Waals surface area contributed by atoms with E-state index in [1.807, 2.05) is 24.3 Å². The first-order chi connectivity index (χ1) is 8.81. The molecule has 0 saturated carbocycles. The summed E-state index contributed by atoms with van der Waals surface area (Å²) in [7, 11) is 0. The van der Waals surface area contributed by atoms with Crippen LogP contribution in [0.5, 0.6) is 0 Å². The summed E-state index contributed by atoms with van der Waals surface area (Å²) in [6, 6.07) is 11.1. The molecule has 1 atom stereocenters.